The second kappa shape index (κ2) is 7.65. The Morgan fingerprint density at radius 2 is 2.24 bits per heavy atom. The zero-order chi connectivity index (χ0) is 12.7. The number of unbranched alkanes of at least 4 members (excludes halogenated alkanes) is 3. The smallest absolute Gasteiger partial charge is 0.133 e. The number of Topliss-reactive ketones (excluding diaryl/α,β-unsaturated/α-hetero) is 1. The van der Waals surface area contributed by atoms with Crippen molar-refractivity contribution in [3.8, 4) is 0 Å². The summed E-state index contributed by atoms with van der Waals surface area (Å²) in [5, 5.41) is 10.0. The van der Waals surface area contributed by atoms with Crippen LogP contribution in [0, 0.1) is 5.92 Å². The maximum Gasteiger partial charge on any atom is 0.133 e. The molecule has 0 amide bonds. The summed E-state index contributed by atoms with van der Waals surface area (Å²) >= 11 is 0. The lowest BCUT2D eigenvalue weighted by atomic mass is 9.84. The van der Waals surface area contributed by atoms with Crippen molar-refractivity contribution in [3.63, 3.8) is 0 Å². The predicted molar refractivity (Wildman–Crippen MR) is 70.9 cm³/mol. The fraction of sp³-hybridized carbons (Fsp3) is 0.800. The van der Waals surface area contributed by atoms with Gasteiger partial charge in [0.05, 0.1) is 6.10 Å². The number of allylic oxidation sites excluding steroid dienone is 1. The zero-order valence-electron chi connectivity index (χ0n) is 11.2. The quantitative estimate of drug-likeness (QED) is 0.543. The Kier molecular flexibility index (Phi) is 6.49. The fourth-order valence-electron chi connectivity index (χ4n) is 2.48. The molecule has 0 unspecified atom stereocenters. The Morgan fingerprint density at radius 1 is 1.47 bits per heavy atom. The van der Waals surface area contributed by atoms with Crippen molar-refractivity contribution in [2.75, 3.05) is 0 Å². The van der Waals surface area contributed by atoms with Crippen molar-refractivity contribution in [3.05, 3.63) is 11.6 Å². The van der Waals surface area contributed by atoms with Crippen molar-refractivity contribution in [2.24, 2.45) is 5.92 Å². The van der Waals surface area contributed by atoms with Crippen molar-refractivity contribution in [1.29, 1.82) is 0 Å². The number of hydrogen-bond donors (Lipinski definition) is 1. The Balaban J connectivity index is 2.28. The lowest BCUT2D eigenvalue weighted by Crippen LogP contribution is -2.19. The van der Waals surface area contributed by atoms with E-state index in [0.29, 0.717) is 0 Å². The van der Waals surface area contributed by atoms with E-state index in [1.807, 2.05) is 0 Å². The molecule has 0 bridgehead atoms. The molecular weight excluding hydrogens is 212 g/mol. The number of carbonyl (C=O) groups excluding carboxylic acids is 1. The van der Waals surface area contributed by atoms with Gasteiger partial charge in [0.1, 0.15) is 5.78 Å². The third kappa shape index (κ3) is 5.03. The molecule has 0 saturated heterocycles. The van der Waals surface area contributed by atoms with Crippen LogP contribution in [0.2, 0.25) is 0 Å². The van der Waals surface area contributed by atoms with Gasteiger partial charge in [-0.3, -0.25) is 4.79 Å². The van der Waals surface area contributed by atoms with Crippen molar-refractivity contribution in [1.82, 2.24) is 0 Å². The van der Waals surface area contributed by atoms with Gasteiger partial charge in [-0.2, -0.15) is 0 Å². The van der Waals surface area contributed by atoms with Gasteiger partial charge < -0.3 is 5.11 Å². The van der Waals surface area contributed by atoms with Crippen LogP contribution >= 0.6 is 0 Å². The van der Waals surface area contributed by atoms with Crippen molar-refractivity contribution < 1.29 is 9.90 Å². The molecule has 1 rings (SSSR count). The third-order valence-corrected chi connectivity index (χ3v) is 3.78. The first-order chi connectivity index (χ1) is 8.15. The van der Waals surface area contributed by atoms with Crippen LogP contribution in [0.5, 0.6) is 0 Å². The Bertz CT molecular complexity index is 268. The monoisotopic (exact) mass is 238 g/mol. The first kappa shape index (κ1) is 14.4. The minimum atomic E-state index is -0.264. The van der Waals surface area contributed by atoms with Gasteiger partial charge in [-0.05, 0) is 38.2 Å². The van der Waals surface area contributed by atoms with Crippen LogP contribution in [0.4, 0.5) is 0 Å². The molecule has 0 aromatic rings. The lowest BCUT2D eigenvalue weighted by molar-refractivity contribution is -0.120. The number of aliphatic hydroxyl groups is 1. The fourth-order valence-corrected chi connectivity index (χ4v) is 2.48. The molecule has 1 N–H and O–H groups in total. The van der Waals surface area contributed by atoms with Crippen LogP contribution in [0.3, 0.4) is 0 Å². The predicted octanol–water partition coefficient (Wildman–Crippen LogP) is 3.63. The van der Waals surface area contributed by atoms with E-state index in [0.717, 1.165) is 32.1 Å². The van der Waals surface area contributed by atoms with E-state index in [2.05, 4.69) is 13.0 Å². The number of ketones is 1. The van der Waals surface area contributed by atoms with E-state index in [9.17, 15) is 9.90 Å². The van der Waals surface area contributed by atoms with E-state index in [-0.39, 0.29) is 17.8 Å². The first-order valence-electron chi connectivity index (χ1n) is 7.02. The van der Waals surface area contributed by atoms with E-state index in [1.165, 1.54) is 24.8 Å². The minimum Gasteiger partial charge on any atom is -0.389 e. The molecule has 0 saturated carbocycles. The summed E-state index contributed by atoms with van der Waals surface area (Å²) < 4.78 is 0. The van der Waals surface area contributed by atoms with Gasteiger partial charge in [-0.1, -0.05) is 38.7 Å². The molecule has 0 fully saturated rings. The summed E-state index contributed by atoms with van der Waals surface area (Å²) in [6, 6.07) is 0. The van der Waals surface area contributed by atoms with Crippen molar-refractivity contribution in [2.45, 2.75) is 71.3 Å². The number of carbonyl (C=O) groups is 1. The molecule has 0 aromatic heterocycles. The summed E-state index contributed by atoms with van der Waals surface area (Å²) in [6.45, 7) is 3.87. The topological polar surface area (TPSA) is 37.3 Å². The average molecular weight is 238 g/mol. The highest BCUT2D eigenvalue weighted by Crippen LogP contribution is 2.27. The summed E-state index contributed by atoms with van der Waals surface area (Å²) in [6.07, 6.45) is 10.2. The molecule has 0 aliphatic heterocycles. The molecule has 1 aliphatic rings. The minimum absolute atomic E-state index is 0.200. The molecule has 98 valence electrons. The van der Waals surface area contributed by atoms with Crippen LogP contribution in [0.1, 0.15) is 65.2 Å². The van der Waals surface area contributed by atoms with Gasteiger partial charge >= 0.3 is 0 Å². The summed E-state index contributed by atoms with van der Waals surface area (Å²) in [5.74, 6) is 0.490. The van der Waals surface area contributed by atoms with E-state index < -0.39 is 0 Å². The van der Waals surface area contributed by atoms with Gasteiger partial charge in [-0.15, -0.1) is 0 Å². The van der Waals surface area contributed by atoms with E-state index >= 15 is 0 Å². The molecule has 0 aromatic carbocycles. The molecule has 2 nitrogen and oxygen atoms in total. The summed E-state index contributed by atoms with van der Waals surface area (Å²) in [4.78, 5) is 11.2. The highest BCUT2D eigenvalue weighted by molar-refractivity contribution is 5.78. The largest absolute Gasteiger partial charge is 0.389 e. The summed E-state index contributed by atoms with van der Waals surface area (Å²) in [5.41, 5.74) is 1.17. The van der Waals surface area contributed by atoms with Crippen LogP contribution in [0.15, 0.2) is 11.6 Å². The lowest BCUT2D eigenvalue weighted by Gasteiger charge is -2.23. The van der Waals surface area contributed by atoms with Gasteiger partial charge in [0.25, 0.3) is 0 Å². The highest BCUT2D eigenvalue weighted by atomic mass is 16.3. The molecule has 17 heavy (non-hydrogen) atoms. The number of aliphatic hydroxyl groups excluding tert-OH is 1. The second-order valence-electron chi connectivity index (χ2n) is 5.23. The Hall–Kier alpha value is -0.630. The van der Waals surface area contributed by atoms with Gasteiger partial charge in [0.2, 0.25) is 0 Å². The maximum atomic E-state index is 11.2. The second-order valence-corrected chi connectivity index (χ2v) is 5.23. The van der Waals surface area contributed by atoms with Gasteiger partial charge in [0, 0.05) is 5.92 Å². The first-order valence-corrected chi connectivity index (χ1v) is 7.02. The standard InChI is InChI=1S/C15H26O2/c1-3-4-5-6-7-15(17)14-10-8-13(9-11-14)12(2)16/h10,13,15,17H,3-9,11H2,1-2H3/t13-,15-/m0/s1. The van der Waals surface area contributed by atoms with Gasteiger partial charge in [0.15, 0.2) is 0 Å². The van der Waals surface area contributed by atoms with Crippen LogP contribution < -0.4 is 0 Å². The third-order valence-electron chi connectivity index (χ3n) is 3.78. The van der Waals surface area contributed by atoms with Crippen LogP contribution in [-0.2, 0) is 4.79 Å². The van der Waals surface area contributed by atoms with E-state index in [4.69, 9.17) is 0 Å². The molecule has 2 atom stereocenters. The number of rotatable bonds is 7. The summed E-state index contributed by atoms with van der Waals surface area (Å²) in [7, 11) is 0. The molecule has 0 spiro atoms. The zero-order valence-corrected chi connectivity index (χ0v) is 11.2. The van der Waals surface area contributed by atoms with Crippen LogP contribution in [0.25, 0.3) is 0 Å². The average Bonchev–Trinajstić information content (AvgIpc) is 2.34. The normalized spacial score (nSPS) is 22.1. The van der Waals surface area contributed by atoms with Crippen LogP contribution in [-0.4, -0.2) is 17.0 Å². The molecule has 0 radical (unpaired) electrons. The highest BCUT2D eigenvalue weighted by Gasteiger charge is 2.21. The Labute approximate surface area is 105 Å². The molecule has 1 aliphatic carbocycles. The van der Waals surface area contributed by atoms with Crippen molar-refractivity contribution >= 4 is 5.78 Å². The van der Waals surface area contributed by atoms with Gasteiger partial charge in [-0.25, -0.2) is 0 Å². The maximum absolute atomic E-state index is 11.2. The molecule has 2 heteroatoms. The molecular formula is C15H26O2. The number of hydrogen-bond acceptors (Lipinski definition) is 2. The Morgan fingerprint density at radius 3 is 2.76 bits per heavy atom. The molecule has 0 heterocycles. The SMILES string of the molecule is CCCCCC[C@H](O)C1=CC[C@H](C(C)=O)CC1. The van der Waals surface area contributed by atoms with E-state index in [1.54, 1.807) is 6.92 Å².